The zero-order chi connectivity index (χ0) is 25.2. The summed E-state index contributed by atoms with van der Waals surface area (Å²) in [7, 11) is -1.30. The van der Waals surface area contributed by atoms with E-state index in [9.17, 15) is 9.00 Å². The molecule has 1 saturated carbocycles. The van der Waals surface area contributed by atoms with Crippen LogP contribution in [0.3, 0.4) is 0 Å². The maximum Gasteiger partial charge on any atom is 0.228 e. The number of Topliss-reactive ketones (excluding diaryl/α,β-unsaturated/α-hetero) is 1. The third-order valence-corrected chi connectivity index (χ3v) is 7.79. The Morgan fingerprint density at radius 3 is 2.67 bits per heavy atom. The number of fused-ring (bicyclic) bond motifs is 1. The number of ketones is 1. The predicted octanol–water partition coefficient (Wildman–Crippen LogP) is 6.08. The van der Waals surface area contributed by atoms with Gasteiger partial charge in [-0.3, -0.25) is 9.00 Å². The van der Waals surface area contributed by atoms with E-state index in [1.807, 2.05) is 43.3 Å². The summed E-state index contributed by atoms with van der Waals surface area (Å²) in [5.74, 6) is 2.05. The minimum atomic E-state index is -1.30. The summed E-state index contributed by atoms with van der Waals surface area (Å²) in [6.45, 7) is 4.19. The van der Waals surface area contributed by atoms with Gasteiger partial charge in [0, 0.05) is 36.4 Å². The van der Waals surface area contributed by atoms with Crippen molar-refractivity contribution >= 4 is 27.4 Å². The van der Waals surface area contributed by atoms with Crippen molar-refractivity contribution in [1.82, 2.24) is 15.0 Å². The monoisotopic (exact) mass is 499 g/mol. The van der Waals surface area contributed by atoms with Gasteiger partial charge in [-0.1, -0.05) is 43.7 Å². The highest BCUT2D eigenvalue weighted by atomic mass is 32.2. The Morgan fingerprint density at radius 1 is 1.03 bits per heavy atom. The third-order valence-electron chi connectivity index (χ3n) is 7.08. The van der Waals surface area contributed by atoms with Crippen molar-refractivity contribution in [3.63, 3.8) is 0 Å². The molecule has 2 heterocycles. The van der Waals surface area contributed by atoms with Crippen molar-refractivity contribution in [1.29, 1.82) is 0 Å². The molecule has 0 spiro atoms. The van der Waals surface area contributed by atoms with Crippen LogP contribution >= 0.6 is 0 Å². The highest BCUT2D eigenvalue weighted by molar-refractivity contribution is 7.84. The number of aromatic nitrogens is 3. The summed E-state index contributed by atoms with van der Waals surface area (Å²) in [5.41, 5.74) is 3.26. The largest absolute Gasteiger partial charge is 0.437 e. The van der Waals surface area contributed by atoms with Crippen LogP contribution in [-0.4, -0.2) is 31.2 Å². The molecule has 0 saturated heterocycles. The fraction of sp³-hybridized carbons (Fsp3) is 0.310. The molecule has 184 valence electrons. The highest BCUT2D eigenvalue weighted by Crippen LogP contribution is 2.38. The maximum absolute atomic E-state index is 13.1. The highest BCUT2D eigenvalue weighted by Gasteiger charge is 2.29. The minimum Gasteiger partial charge on any atom is -0.437 e. The summed E-state index contributed by atoms with van der Waals surface area (Å²) in [4.78, 5) is 26.2. The standard InChI is InChI=1S/C29H29N3O3S/c1-18-7-4-9-21(18)26(33)17-20-8-5-10-23-22(20)13-12-19(2)27(23)35-28-24(11-6-15-30-28)25-14-16-31-29(32-25)36(3)34/h5-6,8,10-16,18,21H,4,7,9,17H2,1-3H3. The van der Waals surface area contributed by atoms with Crippen LogP contribution in [-0.2, 0) is 22.0 Å². The molecule has 0 amide bonds. The van der Waals surface area contributed by atoms with Gasteiger partial charge in [0.25, 0.3) is 0 Å². The van der Waals surface area contributed by atoms with Gasteiger partial charge in [-0.2, -0.15) is 0 Å². The molecule has 0 bridgehead atoms. The molecule has 4 aromatic rings. The van der Waals surface area contributed by atoms with Gasteiger partial charge in [0.2, 0.25) is 11.0 Å². The third kappa shape index (κ3) is 4.80. The number of hydrogen-bond donors (Lipinski definition) is 0. The molecule has 2 aromatic heterocycles. The topological polar surface area (TPSA) is 82.0 Å². The first-order valence-corrected chi connectivity index (χ1v) is 13.8. The molecule has 5 rings (SSSR count). The number of aryl methyl sites for hydroxylation is 1. The maximum atomic E-state index is 13.1. The number of ether oxygens (including phenoxy) is 1. The van der Waals surface area contributed by atoms with E-state index in [4.69, 9.17) is 4.74 Å². The van der Waals surface area contributed by atoms with Crippen LogP contribution in [0.15, 0.2) is 66.1 Å². The lowest BCUT2D eigenvalue weighted by molar-refractivity contribution is -0.123. The van der Waals surface area contributed by atoms with Gasteiger partial charge in [0.05, 0.1) is 22.1 Å². The second-order valence-corrected chi connectivity index (χ2v) is 10.8. The van der Waals surface area contributed by atoms with Crippen molar-refractivity contribution in [3.05, 3.63) is 72.1 Å². The molecule has 7 heteroatoms. The Morgan fingerprint density at radius 2 is 1.89 bits per heavy atom. The van der Waals surface area contributed by atoms with Crippen LogP contribution in [0.1, 0.15) is 37.3 Å². The summed E-state index contributed by atoms with van der Waals surface area (Å²) >= 11 is 0. The number of carbonyl (C=O) groups excluding carboxylic acids is 1. The van der Waals surface area contributed by atoms with Gasteiger partial charge in [-0.05, 0) is 60.4 Å². The van der Waals surface area contributed by atoms with Crippen LogP contribution in [0, 0.1) is 18.8 Å². The van der Waals surface area contributed by atoms with E-state index in [0.717, 1.165) is 41.2 Å². The van der Waals surface area contributed by atoms with E-state index in [2.05, 4.69) is 27.9 Å². The number of rotatable bonds is 7. The number of benzene rings is 2. The van der Waals surface area contributed by atoms with Crippen LogP contribution < -0.4 is 4.74 Å². The molecule has 36 heavy (non-hydrogen) atoms. The molecule has 0 N–H and O–H groups in total. The molecule has 3 atom stereocenters. The minimum absolute atomic E-state index is 0.160. The number of nitrogens with zero attached hydrogens (tertiary/aromatic N) is 3. The Kier molecular flexibility index (Phi) is 6.92. The van der Waals surface area contributed by atoms with Crippen molar-refractivity contribution in [2.24, 2.45) is 11.8 Å². The molecule has 3 unspecified atom stereocenters. The lowest BCUT2D eigenvalue weighted by Crippen LogP contribution is -2.19. The van der Waals surface area contributed by atoms with Gasteiger partial charge in [0.1, 0.15) is 11.5 Å². The fourth-order valence-corrected chi connectivity index (χ4v) is 5.57. The molecule has 6 nitrogen and oxygen atoms in total. The first-order valence-electron chi connectivity index (χ1n) is 12.3. The number of hydrogen-bond acceptors (Lipinski definition) is 6. The van der Waals surface area contributed by atoms with Crippen LogP contribution in [0.5, 0.6) is 11.6 Å². The van der Waals surface area contributed by atoms with Gasteiger partial charge in [0.15, 0.2) is 0 Å². The molecule has 1 aliphatic rings. The van der Waals surface area contributed by atoms with Crippen molar-refractivity contribution in [2.75, 3.05) is 6.26 Å². The summed E-state index contributed by atoms with van der Waals surface area (Å²) in [5, 5.41) is 2.21. The second kappa shape index (κ2) is 10.3. The van der Waals surface area contributed by atoms with Gasteiger partial charge >= 0.3 is 0 Å². The average Bonchev–Trinajstić information content (AvgIpc) is 3.32. The van der Waals surface area contributed by atoms with E-state index in [0.29, 0.717) is 41.0 Å². The quantitative estimate of drug-likeness (QED) is 0.287. The zero-order valence-corrected chi connectivity index (χ0v) is 21.5. The zero-order valence-electron chi connectivity index (χ0n) is 20.7. The van der Waals surface area contributed by atoms with E-state index in [1.165, 1.54) is 0 Å². The SMILES string of the molecule is Cc1ccc2c(CC(=O)C3CCCC3C)cccc2c1Oc1ncccc1-c1ccnc(S(C)=O)n1. The molecule has 2 aromatic carbocycles. The second-order valence-electron chi connectivity index (χ2n) is 9.52. The number of carbonyl (C=O) groups is 1. The van der Waals surface area contributed by atoms with Gasteiger partial charge in [-0.25, -0.2) is 15.0 Å². The molecule has 1 fully saturated rings. The van der Waals surface area contributed by atoms with Crippen molar-refractivity contribution in [2.45, 2.75) is 44.7 Å². The summed E-state index contributed by atoms with van der Waals surface area (Å²) in [6, 6.07) is 15.6. The molecule has 1 aliphatic carbocycles. The van der Waals surface area contributed by atoms with E-state index >= 15 is 0 Å². The fourth-order valence-electron chi connectivity index (χ4n) is 5.13. The normalized spacial score (nSPS) is 18.3. The van der Waals surface area contributed by atoms with Crippen LogP contribution in [0.4, 0.5) is 0 Å². The van der Waals surface area contributed by atoms with Gasteiger partial charge < -0.3 is 4.74 Å². The van der Waals surface area contributed by atoms with Crippen molar-refractivity contribution in [3.8, 4) is 22.9 Å². The lowest BCUT2D eigenvalue weighted by Gasteiger charge is -2.17. The summed E-state index contributed by atoms with van der Waals surface area (Å²) < 4.78 is 18.4. The van der Waals surface area contributed by atoms with Crippen molar-refractivity contribution < 1.29 is 13.7 Å². The Labute approximate surface area is 213 Å². The molecular formula is C29H29N3O3S. The number of pyridine rings is 1. The molecular weight excluding hydrogens is 470 g/mol. The molecule has 0 radical (unpaired) electrons. The Hall–Kier alpha value is -3.45. The predicted molar refractivity (Wildman–Crippen MR) is 142 cm³/mol. The first kappa shape index (κ1) is 24.3. The van der Waals surface area contributed by atoms with Crippen LogP contribution in [0.2, 0.25) is 0 Å². The first-order chi connectivity index (χ1) is 17.4. The van der Waals surface area contributed by atoms with Crippen LogP contribution in [0.25, 0.3) is 22.0 Å². The summed E-state index contributed by atoms with van der Waals surface area (Å²) in [6.07, 6.45) is 8.52. The lowest BCUT2D eigenvalue weighted by atomic mass is 9.88. The Balaban J connectivity index is 1.52. The smallest absolute Gasteiger partial charge is 0.228 e. The van der Waals surface area contributed by atoms with E-state index < -0.39 is 10.8 Å². The van der Waals surface area contributed by atoms with E-state index in [-0.39, 0.29) is 11.1 Å². The molecule has 0 aliphatic heterocycles. The average molecular weight is 500 g/mol. The van der Waals surface area contributed by atoms with Gasteiger partial charge in [-0.15, -0.1) is 0 Å². The Bertz CT molecular complexity index is 1470. The van der Waals surface area contributed by atoms with E-state index in [1.54, 1.807) is 24.7 Å².